The Morgan fingerprint density at radius 3 is 2.67 bits per heavy atom. The average Bonchev–Trinajstić information content (AvgIpc) is 2.47. The van der Waals surface area contributed by atoms with Gasteiger partial charge in [-0.25, -0.2) is 4.98 Å². The second-order valence-electron chi connectivity index (χ2n) is 2.80. The van der Waals surface area contributed by atoms with Crippen molar-refractivity contribution in [2.45, 2.75) is 26.4 Å². The zero-order valence-electron chi connectivity index (χ0n) is 8.39. The van der Waals surface area contributed by atoms with Crippen LogP contribution in [0.3, 0.4) is 0 Å². The molecule has 1 heterocycles. The summed E-state index contributed by atoms with van der Waals surface area (Å²) in [4.78, 5) is 14.7. The van der Waals surface area contributed by atoms with Crippen molar-refractivity contribution >= 4 is 42.1 Å². The molecule has 0 unspecified atom stereocenters. The molecule has 0 aliphatic heterocycles. The highest BCUT2D eigenvalue weighted by atomic mass is 35.5. The van der Waals surface area contributed by atoms with Crippen LogP contribution in [0.4, 0.5) is 0 Å². The minimum Gasteiger partial charge on any atom is -0.480 e. The van der Waals surface area contributed by atoms with Crippen molar-refractivity contribution in [3.05, 3.63) is 16.1 Å². The van der Waals surface area contributed by atoms with Gasteiger partial charge in [0.15, 0.2) is 0 Å². The van der Waals surface area contributed by atoms with Crippen LogP contribution in [-0.2, 0) is 11.3 Å². The minimum absolute atomic E-state index is 0. The van der Waals surface area contributed by atoms with E-state index in [4.69, 9.17) is 5.11 Å². The molecule has 0 bridgehead atoms. The maximum atomic E-state index is 10.4. The number of aliphatic carboxylic acids is 1. The molecule has 1 atom stereocenters. The Bertz CT molecular complexity index is 307. The predicted molar refractivity (Wildman–Crippen MR) is 65.3 cm³/mol. The van der Waals surface area contributed by atoms with Gasteiger partial charge in [-0.15, -0.1) is 36.2 Å². The van der Waals surface area contributed by atoms with Crippen molar-refractivity contribution in [1.82, 2.24) is 10.3 Å². The van der Waals surface area contributed by atoms with Crippen molar-refractivity contribution in [3.63, 3.8) is 0 Å². The van der Waals surface area contributed by atoms with E-state index in [0.717, 1.165) is 10.7 Å². The fraction of sp³-hybridized carbons (Fsp3) is 0.500. The normalized spacial score (nSPS) is 11.1. The van der Waals surface area contributed by atoms with Crippen molar-refractivity contribution in [2.24, 2.45) is 0 Å². The number of aromatic nitrogens is 1. The van der Waals surface area contributed by atoms with Crippen LogP contribution in [0.2, 0.25) is 0 Å². The van der Waals surface area contributed by atoms with Crippen LogP contribution in [0.15, 0.2) is 5.38 Å². The lowest BCUT2D eigenvalue weighted by Crippen LogP contribution is -2.33. The number of nitrogens with zero attached hydrogens (tertiary/aromatic N) is 1. The number of hydrogen-bond acceptors (Lipinski definition) is 4. The Balaban J connectivity index is 0. The first-order chi connectivity index (χ1) is 6.09. The van der Waals surface area contributed by atoms with Crippen LogP contribution >= 0.6 is 36.2 Å². The molecule has 0 radical (unpaired) electrons. The number of thiazole rings is 1. The van der Waals surface area contributed by atoms with Gasteiger partial charge < -0.3 is 5.11 Å². The molecule has 0 saturated heterocycles. The summed E-state index contributed by atoms with van der Waals surface area (Å²) in [5.74, 6) is -0.841. The molecule has 4 nitrogen and oxygen atoms in total. The van der Waals surface area contributed by atoms with E-state index in [0.29, 0.717) is 6.54 Å². The van der Waals surface area contributed by atoms with Gasteiger partial charge in [0.1, 0.15) is 6.04 Å². The van der Waals surface area contributed by atoms with Crippen LogP contribution in [0.1, 0.15) is 17.6 Å². The van der Waals surface area contributed by atoms with Gasteiger partial charge >= 0.3 is 5.97 Å². The summed E-state index contributed by atoms with van der Waals surface area (Å²) < 4.78 is 0. The lowest BCUT2D eigenvalue weighted by Gasteiger charge is -2.06. The van der Waals surface area contributed by atoms with Crippen LogP contribution in [-0.4, -0.2) is 22.1 Å². The Hall–Kier alpha value is -0.360. The quantitative estimate of drug-likeness (QED) is 0.879. The van der Waals surface area contributed by atoms with E-state index in [1.807, 2.05) is 12.3 Å². The zero-order chi connectivity index (χ0) is 9.84. The third-order valence-corrected chi connectivity index (χ3v) is 2.45. The Labute approximate surface area is 105 Å². The number of carboxylic acid groups (broad SMARTS) is 1. The molecular formula is C8H14Cl2N2O2S. The fourth-order valence-electron chi connectivity index (χ4n) is 0.834. The van der Waals surface area contributed by atoms with Gasteiger partial charge in [0.2, 0.25) is 0 Å². The van der Waals surface area contributed by atoms with E-state index in [9.17, 15) is 4.79 Å². The topological polar surface area (TPSA) is 62.2 Å². The first-order valence-corrected chi connectivity index (χ1v) is 4.84. The first kappa shape index (κ1) is 17.0. The maximum Gasteiger partial charge on any atom is 0.320 e. The van der Waals surface area contributed by atoms with Gasteiger partial charge in [-0.05, 0) is 13.8 Å². The maximum absolute atomic E-state index is 10.4. The molecule has 0 aliphatic rings. The van der Waals surface area contributed by atoms with E-state index in [-0.39, 0.29) is 24.8 Å². The van der Waals surface area contributed by atoms with Crippen molar-refractivity contribution in [1.29, 1.82) is 0 Å². The highest BCUT2D eigenvalue weighted by Crippen LogP contribution is 2.07. The second kappa shape index (κ2) is 7.87. The first-order valence-electron chi connectivity index (χ1n) is 3.97. The molecule has 2 N–H and O–H groups in total. The largest absolute Gasteiger partial charge is 0.480 e. The standard InChI is InChI=1S/C8H12N2O2S.2ClH/c1-5(8(11)12)9-3-7-4-13-6(2)10-7;;/h4-5,9H,3H2,1-2H3,(H,11,12);2*1H/t5-;;/m1../s1. The number of aryl methyl sites for hydroxylation is 1. The van der Waals surface area contributed by atoms with E-state index in [1.54, 1.807) is 18.3 Å². The van der Waals surface area contributed by atoms with Crippen LogP contribution < -0.4 is 5.32 Å². The summed E-state index contributed by atoms with van der Waals surface area (Å²) in [7, 11) is 0. The molecule has 0 saturated carbocycles. The molecule has 0 aromatic carbocycles. The van der Waals surface area contributed by atoms with E-state index < -0.39 is 12.0 Å². The number of hydrogen-bond donors (Lipinski definition) is 2. The highest BCUT2D eigenvalue weighted by Gasteiger charge is 2.09. The molecule has 1 rings (SSSR count). The number of halogens is 2. The highest BCUT2D eigenvalue weighted by molar-refractivity contribution is 7.09. The van der Waals surface area contributed by atoms with Gasteiger partial charge in [0, 0.05) is 11.9 Å². The molecule has 1 aromatic rings. The number of carbonyl (C=O) groups is 1. The Morgan fingerprint density at radius 2 is 2.27 bits per heavy atom. The minimum atomic E-state index is -0.841. The SMILES string of the molecule is Cc1nc(CN[C@H](C)C(=O)O)cs1.Cl.Cl. The smallest absolute Gasteiger partial charge is 0.320 e. The van der Waals surface area contributed by atoms with Crippen LogP contribution in [0, 0.1) is 6.92 Å². The summed E-state index contributed by atoms with van der Waals surface area (Å²) in [6.45, 7) is 4.05. The number of rotatable bonds is 4. The van der Waals surface area contributed by atoms with E-state index in [2.05, 4.69) is 10.3 Å². The van der Waals surface area contributed by atoms with E-state index >= 15 is 0 Å². The Kier molecular flexibility index (Phi) is 8.95. The lowest BCUT2D eigenvalue weighted by molar-refractivity contribution is -0.139. The average molecular weight is 273 g/mol. The molecule has 0 aliphatic carbocycles. The van der Waals surface area contributed by atoms with E-state index in [1.165, 1.54) is 0 Å². The van der Waals surface area contributed by atoms with Crippen LogP contribution in [0.25, 0.3) is 0 Å². The molecule has 0 amide bonds. The van der Waals surface area contributed by atoms with Crippen molar-refractivity contribution < 1.29 is 9.90 Å². The van der Waals surface area contributed by atoms with Crippen molar-refractivity contribution in [3.8, 4) is 0 Å². The number of nitrogens with one attached hydrogen (secondary N) is 1. The van der Waals surface area contributed by atoms with Crippen molar-refractivity contribution in [2.75, 3.05) is 0 Å². The molecule has 15 heavy (non-hydrogen) atoms. The molecule has 0 fully saturated rings. The monoisotopic (exact) mass is 272 g/mol. The summed E-state index contributed by atoms with van der Waals surface area (Å²) in [6.07, 6.45) is 0. The predicted octanol–water partition coefficient (Wildman–Crippen LogP) is 1.86. The van der Waals surface area contributed by atoms with Crippen LogP contribution in [0.5, 0.6) is 0 Å². The van der Waals surface area contributed by atoms with Gasteiger partial charge in [0.25, 0.3) is 0 Å². The third-order valence-electron chi connectivity index (χ3n) is 1.63. The van der Waals surface area contributed by atoms with Gasteiger partial charge in [-0.2, -0.15) is 0 Å². The van der Waals surface area contributed by atoms with Gasteiger partial charge in [-0.3, -0.25) is 10.1 Å². The summed E-state index contributed by atoms with van der Waals surface area (Å²) in [6, 6.07) is -0.526. The molecular weight excluding hydrogens is 259 g/mol. The molecule has 88 valence electrons. The van der Waals surface area contributed by atoms with Gasteiger partial charge in [-0.1, -0.05) is 0 Å². The summed E-state index contributed by atoms with van der Waals surface area (Å²) in [5.41, 5.74) is 0.899. The Morgan fingerprint density at radius 1 is 1.67 bits per heavy atom. The molecule has 1 aromatic heterocycles. The molecule has 7 heteroatoms. The number of carboxylic acids is 1. The summed E-state index contributed by atoms with van der Waals surface area (Å²) >= 11 is 1.57. The lowest BCUT2D eigenvalue weighted by atomic mass is 10.3. The third kappa shape index (κ3) is 5.94. The molecule has 0 spiro atoms. The van der Waals surface area contributed by atoms with Gasteiger partial charge in [0.05, 0.1) is 10.7 Å². The zero-order valence-corrected chi connectivity index (χ0v) is 10.8. The summed E-state index contributed by atoms with van der Waals surface area (Å²) in [5, 5.41) is 14.4. The fourth-order valence-corrected chi connectivity index (χ4v) is 1.45. The second-order valence-corrected chi connectivity index (χ2v) is 3.86.